The second-order valence-corrected chi connectivity index (χ2v) is 9.68. The third-order valence-electron chi connectivity index (χ3n) is 4.38. The van der Waals surface area contributed by atoms with E-state index < -0.39 is 43.8 Å². The predicted octanol–water partition coefficient (Wildman–Crippen LogP) is 2.43. The van der Waals surface area contributed by atoms with Crippen molar-refractivity contribution >= 4 is 21.8 Å². The van der Waals surface area contributed by atoms with Gasteiger partial charge in [-0.25, -0.2) is 17.9 Å². The van der Waals surface area contributed by atoms with Crippen molar-refractivity contribution in [3.8, 4) is 0 Å². The number of benzene rings is 1. The molecule has 0 fully saturated rings. The highest BCUT2D eigenvalue weighted by Gasteiger charge is 2.28. The van der Waals surface area contributed by atoms with E-state index in [2.05, 4.69) is 4.72 Å². The van der Waals surface area contributed by atoms with Crippen LogP contribution < -0.4 is 4.72 Å². The fourth-order valence-corrected chi connectivity index (χ4v) is 4.11. The van der Waals surface area contributed by atoms with Crippen molar-refractivity contribution in [1.29, 1.82) is 0 Å². The highest BCUT2D eigenvalue weighted by Crippen LogP contribution is 2.24. The molecule has 0 radical (unpaired) electrons. The first-order valence-electron chi connectivity index (χ1n) is 9.17. The van der Waals surface area contributed by atoms with Gasteiger partial charge in [-0.3, -0.25) is 10.1 Å². The van der Waals surface area contributed by atoms with E-state index >= 15 is 0 Å². The molecule has 0 saturated heterocycles. The Bertz CT molecular complexity index is 821. The molecule has 164 valence electrons. The molecule has 0 aliphatic rings. The lowest BCUT2D eigenvalue weighted by Gasteiger charge is -2.27. The summed E-state index contributed by atoms with van der Waals surface area (Å²) in [6.07, 6.45) is -0.988. The SMILES string of the molecule is CC(CN(CCC[C@@H](O)C(C)(C)C)C(=O)O)NS(=O)(=O)c1ccccc1[N+](=O)[O-]. The van der Waals surface area contributed by atoms with Crippen LogP contribution in [0.1, 0.15) is 40.5 Å². The Morgan fingerprint density at radius 3 is 2.41 bits per heavy atom. The lowest BCUT2D eigenvalue weighted by molar-refractivity contribution is -0.387. The number of aliphatic hydroxyl groups is 1. The van der Waals surface area contributed by atoms with Crippen LogP contribution in [-0.2, 0) is 10.0 Å². The normalized spacial score (nSPS) is 14.2. The van der Waals surface area contributed by atoms with E-state index in [1.54, 1.807) is 0 Å². The van der Waals surface area contributed by atoms with E-state index in [9.17, 15) is 33.5 Å². The average Bonchev–Trinajstić information content (AvgIpc) is 2.59. The summed E-state index contributed by atoms with van der Waals surface area (Å²) in [4.78, 5) is 22.3. The minimum Gasteiger partial charge on any atom is -0.465 e. The van der Waals surface area contributed by atoms with Crippen molar-refractivity contribution in [2.45, 2.75) is 57.6 Å². The molecule has 1 rings (SSSR count). The molecule has 0 spiro atoms. The van der Waals surface area contributed by atoms with Gasteiger partial charge < -0.3 is 15.1 Å². The van der Waals surface area contributed by atoms with Gasteiger partial charge in [0.05, 0.1) is 11.0 Å². The van der Waals surface area contributed by atoms with E-state index in [1.165, 1.54) is 19.1 Å². The molecule has 0 aliphatic heterocycles. The van der Waals surface area contributed by atoms with E-state index in [1.807, 2.05) is 20.8 Å². The van der Waals surface area contributed by atoms with Gasteiger partial charge in [0.1, 0.15) is 0 Å². The van der Waals surface area contributed by atoms with E-state index in [0.29, 0.717) is 12.8 Å². The number of nitro benzene ring substituents is 1. The maximum Gasteiger partial charge on any atom is 0.407 e. The lowest BCUT2D eigenvalue weighted by atomic mass is 9.86. The van der Waals surface area contributed by atoms with Gasteiger partial charge >= 0.3 is 6.09 Å². The number of aliphatic hydroxyl groups excluding tert-OH is 1. The molecule has 10 nitrogen and oxygen atoms in total. The number of hydrogen-bond donors (Lipinski definition) is 3. The Balaban J connectivity index is 2.78. The number of nitrogens with one attached hydrogen (secondary N) is 1. The fourth-order valence-electron chi connectivity index (χ4n) is 2.70. The molecular formula is C18H29N3O7S. The third kappa shape index (κ3) is 7.59. The third-order valence-corrected chi connectivity index (χ3v) is 6.01. The topological polar surface area (TPSA) is 150 Å². The number of nitrogens with zero attached hydrogens (tertiary/aromatic N) is 2. The van der Waals surface area contributed by atoms with Crippen LogP contribution in [0.15, 0.2) is 29.2 Å². The molecular weight excluding hydrogens is 402 g/mol. The molecule has 1 aromatic rings. The van der Waals surface area contributed by atoms with Crippen LogP contribution in [0.4, 0.5) is 10.5 Å². The van der Waals surface area contributed by atoms with Crippen molar-refractivity contribution in [1.82, 2.24) is 9.62 Å². The fraction of sp³-hybridized carbons (Fsp3) is 0.611. The number of sulfonamides is 1. The van der Waals surface area contributed by atoms with Gasteiger partial charge in [0.2, 0.25) is 10.0 Å². The molecule has 1 unspecified atom stereocenters. The van der Waals surface area contributed by atoms with Crippen LogP contribution in [0, 0.1) is 15.5 Å². The zero-order valence-electron chi connectivity index (χ0n) is 17.0. The zero-order chi connectivity index (χ0) is 22.4. The maximum absolute atomic E-state index is 12.5. The molecule has 2 atom stereocenters. The second-order valence-electron chi connectivity index (χ2n) is 8.00. The number of rotatable bonds is 10. The Hall–Kier alpha value is -2.24. The van der Waals surface area contributed by atoms with Gasteiger partial charge in [0.25, 0.3) is 5.69 Å². The van der Waals surface area contributed by atoms with Gasteiger partial charge in [0, 0.05) is 25.2 Å². The van der Waals surface area contributed by atoms with Crippen LogP contribution in [0.5, 0.6) is 0 Å². The standard InChI is InChI=1S/C18H29N3O7S/c1-13(12-20(17(23)24)11-7-10-16(22)18(2,3)4)19-29(27,28)15-9-6-5-8-14(15)21(25)26/h5-6,8-9,13,16,19,22H,7,10-12H2,1-4H3,(H,23,24)/t13?,16-/m1/s1. The number of carboxylic acid groups (broad SMARTS) is 1. The Morgan fingerprint density at radius 2 is 1.90 bits per heavy atom. The highest BCUT2D eigenvalue weighted by molar-refractivity contribution is 7.89. The number of hydrogen-bond acceptors (Lipinski definition) is 6. The minimum atomic E-state index is -4.21. The summed E-state index contributed by atoms with van der Waals surface area (Å²) in [7, 11) is -4.21. The van der Waals surface area contributed by atoms with Crippen LogP contribution in [0.25, 0.3) is 0 Å². The molecule has 1 aromatic carbocycles. The number of para-hydroxylation sites is 1. The van der Waals surface area contributed by atoms with E-state index in [0.717, 1.165) is 17.0 Å². The predicted molar refractivity (Wildman–Crippen MR) is 107 cm³/mol. The summed E-state index contributed by atoms with van der Waals surface area (Å²) < 4.78 is 27.3. The van der Waals surface area contributed by atoms with Crippen LogP contribution in [0.3, 0.4) is 0 Å². The monoisotopic (exact) mass is 431 g/mol. The van der Waals surface area contributed by atoms with Crippen molar-refractivity contribution in [3.05, 3.63) is 34.4 Å². The van der Waals surface area contributed by atoms with Crippen LogP contribution in [0.2, 0.25) is 0 Å². The first-order chi connectivity index (χ1) is 13.3. The average molecular weight is 432 g/mol. The Labute approximate surface area is 170 Å². The van der Waals surface area contributed by atoms with E-state index in [4.69, 9.17) is 0 Å². The quantitative estimate of drug-likeness (QED) is 0.380. The van der Waals surface area contributed by atoms with Gasteiger partial charge in [-0.2, -0.15) is 0 Å². The summed E-state index contributed by atoms with van der Waals surface area (Å²) in [6.45, 7) is 7.11. The number of carbonyl (C=O) groups is 1. The Kier molecular flexibility index (Phi) is 8.54. The first kappa shape index (κ1) is 24.8. The summed E-state index contributed by atoms with van der Waals surface area (Å²) in [5.74, 6) is 0. The van der Waals surface area contributed by atoms with E-state index in [-0.39, 0.29) is 18.5 Å². The minimum absolute atomic E-state index is 0.125. The van der Waals surface area contributed by atoms with Gasteiger partial charge in [-0.1, -0.05) is 32.9 Å². The molecule has 0 heterocycles. The number of amides is 1. The molecule has 3 N–H and O–H groups in total. The first-order valence-corrected chi connectivity index (χ1v) is 10.7. The molecule has 0 aliphatic carbocycles. The Morgan fingerprint density at radius 1 is 1.31 bits per heavy atom. The summed E-state index contributed by atoms with van der Waals surface area (Å²) >= 11 is 0. The lowest BCUT2D eigenvalue weighted by Crippen LogP contribution is -2.44. The molecule has 0 saturated carbocycles. The van der Waals surface area contributed by atoms with Gasteiger partial charge in [-0.05, 0) is 31.2 Å². The van der Waals surface area contributed by atoms with Crippen molar-refractivity contribution in [2.75, 3.05) is 13.1 Å². The molecule has 1 amide bonds. The van der Waals surface area contributed by atoms with Crippen LogP contribution in [-0.4, -0.2) is 59.8 Å². The molecule has 11 heteroatoms. The molecule has 29 heavy (non-hydrogen) atoms. The maximum atomic E-state index is 12.5. The van der Waals surface area contributed by atoms with Gasteiger partial charge in [-0.15, -0.1) is 0 Å². The van der Waals surface area contributed by atoms with Gasteiger partial charge in [0.15, 0.2) is 4.90 Å². The molecule has 0 aromatic heterocycles. The zero-order valence-corrected chi connectivity index (χ0v) is 17.8. The van der Waals surface area contributed by atoms with Crippen LogP contribution >= 0.6 is 0 Å². The summed E-state index contributed by atoms with van der Waals surface area (Å²) in [6, 6.07) is 4.12. The number of nitro groups is 1. The van der Waals surface area contributed by atoms with Crippen molar-refractivity contribution in [2.24, 2.45) is 5.41 Å². The largest absolute Gasteiger partial charge is 0.465 e. The second kappa shape index (κ2) is 9.99. The van der Waals surface area contributed by atoms with Crippen molar-refractivity contribution < 1.29 is 28.3 Å². The smallest absolute Gasteiger partial charge is 0.407 e. The highest BCUT2D eigenvalue weighted by atomic mass is 32.2. The summed E-state index contributed by atoms with van der Waals surface area (Å²) in [5.41, 5.74) is -0.875. The molecule has 0 bridgehead atoms. The summed E-state index contributed by atoms with van der Waals surface area (Å²) in [5, 5.41) is 30.5. The van der Waals surface area contributed by atoms with Crippen molar-refractivity contribution in [3.63, 3.8) is 0 Å².